The van der Waals surface area contributed by atoms with Crippen LogP contribution in [0.3, 0.4) is 0 Å². The van der Waals surface area contributed by atoms with Crippen LogP contribution >= 0.6 is 0 Å². The number of nitrogens with zero attached hydrogens (tertiary/aromatic N) is 1. The molecule has 4 nitrogen and oxygen atoms in total. The van der Waals surface area contributed by atoms with E-state index in [4.69, 9.17) is 9.52 Å². The molecule has 0 unspecified atom stereocenters. The van der Waals surface area contributed by atoms with Gasteiger partial charge in [0.25, 0.3) is 0 Å². The molecule has 4 heteroatoms. The lowest BCUT2D eigenvalue weighted by Gasteiger charge is -2.07. The van der Waals surface area contributed by atoms with E-state index in [9.17, 15) is 0 Å². The Bertz CT molecular complexity index is 658. The van der Waals surface area contributed by atoms with E-state index in [2.05, 4.69) is 10.3 Å². The number of nitrogens with one attached hydrogen (secondary N) is 1. The second-order valence-corrected chi connectivity index (χ2v) is 4.18. The van der Waals surface area contributed by atoms with Crippen LogP contribution in [0.1, 0.15) is 0 Å². The summed E-state index contributed by atoms with van der Waals surface area (Å²) < 4.78 is 5.76. The number of rotatable bonds is 4. The molecule has 0 bridgehead atoms. The molecular formula is C15H14N2O2. The molecule has 0 saturated heterocycles. The maximum absolute atomic E-state index is 8.90. The van der Waals surface area contributed by atoms with Crippen LogP contribution in [0.5, 0.6) is 0 Å². The van der Waals surface area contributed by atoms with Crippen molar-refractivity contribution in [2.75, 3.05) is 18.5 Å². The summed E-state index contributed by atoms with van der Waals surface area (Å²) in [5.41, 5.74) is 3.42. The van der Waals surface area contributed by atoms with Gasteiger partial charge >= 0.3 is 0 Å². The molecule has 0 aliphatic heterocycles. The number of aliphatic hydroxyl groups excluding tert-OH is 1. The number of hydrogen-bond donors (Lipinski definition) is 2. The van der Waals surface area contributed by atoms with Crippen molar-refractivity contribution in [2.24, 2.45) is 0 Å². The molecule has 2 N–H and O–H groups in total. The molecule has 0 atom stereocenters. The number of oxazole rings is 1. The van der Waals surface area contributed by atoms with Crippen molar-refractivity contribution in [3.8, 4) is 11.5 Å². The molecule has 1 heterocycles. The Kier molecular flexibility index (Phi) is 3.16. The van der Waals surface area contributed by atoms with Crippen LogP contribution in [0.4, 0.5) is 5.69 Å². The zero-order valence-electron chi connectivity index (χ0n) is 10.3. The minimum absolute atomic E-state index is 0.0852. The van der Waals surface area contributed by atoms with Gasteiger partial charge < -0.3 is 14.8 Å². The summed E-state index contributed by atoms with van der Waals surface area (Å²) in [6.45, 7) is 0.582. The second kappa shape index (κ2) is 5.12. The van der Waals surface area contributed by atoms with Gasteiger partial charge in [0, 0.05) is 12.2 Å². The molecule has 3 aromatic rings. The average molecular weight is 254 g/mol. The third-order valence-electron chi connectivity index (χ3n) is 2.88. The lowest BCUT2D eigenvalue weighted by atomic mass is 10.2. The summed E-state index contributed by atoms with van der Waals surface area (Å²) in [5, 5.41) is 12.1. The van der Waals surface area contributed by atoms with E-state index >= 15 is 0 Å². The molecule has 0 aliphatic rings. The molecule has 0 fully saturated rings. The van der Waals surface area contributed by atoms with E-state index in [1.807, 2.05) is 48.5 Å². The van der Waals surface area contributed by atoms with E-state index in [-0.39, 0.29) is 6.61 Å². The molecule has 3 rings (SSSR count). The summed E-state index contributed by atoms with van der Waals surface area (Å²) in [7, 11) is 0. The van der Waals surface area contributed by atoms with Gasteiger partial charge in [0.1, 0.15) is 5.52 Å². The molecule has 19 heavy (non-hydrogen) atoms. The standard InChI is InChI=1S/C15H14N2O2/c18-10-9-16-12-6-2-1-5-11(12)15-17-13-7-3-4-8-14(13)19-15/h1-8,16,18H,9-10H2. The van der Waals surface area contributed by atoms with Crippen molar-refractivity contribution in [1.82, 2.24) is 4.98 Å². The number of anilines is 1. The number of fused-ring (bicyclic) bond motifs is 1. The fraction of sp³-hybridized carbons (Fsp3) is 0.133. The third-order valence-corrected chi connectivity index (χ3v) is 2.88. The number of aromatic nitrogens is 1. The van der Waals surface area contributed by atoms with E-state index in [0.717, 1.165) is 22.4 Å². The van der Waals surface area contributed by atoms with E-state index in [1.54, 1.807) is 0 Å². The summed E-state index contributed by atoms with van der Waals surface area (Å²) in [5.74, 6) is 0.585. The Balaban J connectivity index is 2.05. The highest BCUT2D eigenvalue weighted by molar-refractivity contribution is 5.80. The maximum Gasteiger partial charge on any atom is 0.229 e. The summed E-state index contributed by atoms with van der Waals surface area (Å²) in [4.78, 5) is 4.48. The Labute approximate surface area is 110 Å². The smallest absolute Gasteiger partial charge is 0.229 e. The molecular weight excluding hydrogens is 240 g/mol. The summed E-state index contributed by atoms with van der Waals surface area (Å²) in [6.07, 6.45) is 0. The zero-order chi connectivity index (χ0) is 13.1. The summed E-state index contributed by atoms with van der Waals surface area (Å²) >= 11 is 0. The normalized spacial score (nSPS) is 10.8. The molecule has 0 aliphatic carbocycles. The number of para-hydroxylation sites is 3. The van der Waals surface area contributed by atoms with Gasteiger partial charge in [0.2, 0.25) is 5.89 Å². The Hall–Kier alpha value is -2.33. The molecule has 96 valence electrons. The van der Waals surface area contributed by atoms with Crippen LogP contribution in [0.2, 0.25) is 0 Å². The van der Waals surface area contributed by atoms with Crippen molar-refractivity contribution >= 4 is 16.8 Å². The van der Waals surface area contributed by atoms with Gasteiger partial charge in [-0.15, -0.1) is 0 Å². The minimum Gasteiger partial charge on any atom is -0.436 e. The van der Waals surface area contributed by atoms with E-state index in [0.29, 0.717) is 12.4 Å². The first-order valence-corrected chi connectivity index (χ1v) is 6.18. The van der Waals surface area contributed by atoms with Crippen molar-refractivity contribution in [1.29, 1.82) is 0 Å². The van der Waals surface area contributed by atoms with Crippen molar-refractivity contribution in [3.63, 3.8) is 0 Å². The lowest BCUT2D eigenvalue weighted by Crippen LogP contribution is -2.06. The van der Waals surface area contributed by atoms with Gasteiger partial charge in [-0.2, -0.15) is 0 Å². The van der Waals surface area contributed by atoms with Crippen LogP contribution in [0.25, 0.3) is 22.6 Å². The third kappa shape index (κ3) is 2.30. The van der Waals surface area contributed by atoms with Gasteiger partial charge in [-0.3, -0.25) is 0 Å². The quantitative estimate of drug-likeness (QED) is 0.751. The predicted molar refractivity (Wildman–Crippen MR) is 75.0 cm³/mol. The average Bonchev–Trinajstić information content (AvgIpc) is 2.89. The topological polar surface area (TPSA) is 58.3 Å². The van der Waals surface area contributed by atoms with E-state index in [1.165, 1.54) is 0 Å². The fourth-order valence-electron chi connectivity index (χ4n) is 2.00. The van der Waals surface area contributed by atoms with Crippen LogP contribution in [-0.2, 0) is 0 Å². The highest BCUT2D eigenvalue weighted by atomic mass is 16.3. The molecule has 2 aromatic carbocycles. The zero-order valence-corrected chi connectivity index (χ0v) is 10.3. The molecule has 1 aromatic heterocycles. The van der Waals surface area contributed by atoms with Crippen LogP contribution in [-0.4, -0.2) is 23.2 Å². The number of hydrogen-bond acceptors (Lipinski definition) is 4. The largest absolute Gasteiger partial charge is 0.436 e. The SMILES string of the molecule is OCCNc1ccccc1-c1nc2ccccc2o1. The summed E-state index contributed by atoms with van der Waals surface area (Å²) in [6, 6.07) is 15.4. The second-order valence-electron chi connectivity index (χ2n) is 4.18. The number of aliphatic hydroxyl groups is 1. The van der Waals surface area contributed by atoms with Crippen LogP contribution in [0.15, 0.2) is 52.9 Å². The molecule has 0 amide bonds. The molecule has 0 saturated carbocycles. The maximum atomic E-state index is 8.90. The van der Waals surface area contributed by atoms with Crippen molar-refractivity contribution in [3.05, 3.63) is 48.5 Å². The van der Waals surface area contributed by atoms with Crippen LogP contribution in [0, 0.1) is 0 Å². The van der Waals surface area contributed by atoms with Gasteiger partial charge in [-0.25, -0.2) is 4.98 Å². The van der Waals surface area contributed by atoms with E-state index < -0.39 is 0 Å². The Morgan fingerprint density at radius 3 is 2.68 bits per heavy atom. The lowest BCUT2D eigenvalue weighted by molar-refractivity contribution is 0.311. The van der Waals surface area contributed by atoms with Gasteiger partial charge in [0.15, 0.2) is 5.58 Å². The van der Waals surface area contributed by atoms with Crippen molar-refractivity contribution < 1.29 is 9.52 Å². The monoisotopic (exact) mass is 254 g/mol. The molecule has 0 spiro atoms. The molecule has 0 radical (unpaired) electrons. The van der Waals surface area contributed by atoms with Crippen LogP contribution < -0.4 is 5.32 Å². The first-order valence-electron chi connectivity index (χ1n) is 6.18. The van der Waals surface area contributed by atoms with Gasteiger partial charge in [-0.05, 0) is 24.3 Å². The highest BCUT2D eigenvalue weighted by Gasteiger charge is 2.11. The number of benzene rings is 2. The van der Waals surface area contributed by atoms with Gasteiger partial charge in [-0.1, -0.05) is 24.3 Å². The highest BCUT2D eigenvalue weighted by Crippen LogP contribution is 2.29. The minimum atomic E-state index is 0.0852. The Morgan fingerprint density at radius 1 is 1.05 bits per heavy atom. The first kappa shape index (κ1) is 11.7. The predicted octanol–water partition coefficient (Wildman–Crippen LogP) is 2.90. The van der Waals surface area contributed by atoms with Crippen molar-refractivity contribution in [2.45, 2.75) is 0 Å². The Morgan fingerprint density at radius 2 is 1.84 bits per heavy atom. The fourth-order valence-corrected chi connectivity index (χ4v) is 2.00. The first-order chi connectivity index (χ1) is 9.38. The van der Waals surface area contributed by atoms with Gasteiger partial charge in [0.05, 0.1) is 12.2 Å².